The van der Waals surface area contributed by atoms with Gasteiger partial charge in [-0.2, -0.15) is 5.10 Å². The van der Waals surface area contributed by atoms with E-state index in [0.717, 1.165) is 49.1 Å². The topological polar surface area (TPSA) is 97.4 Å². The van der Waals surface area contributed by atoms with Gasteiger partial charge in [0.2, 0.25) is 0 Å². The van der Waals surface area contributed by atoms with E-state index < -0.39 is 0 Å². The number of aryl methyl sites for hydroxylation is 1. The first-order chi connectivity index (χ1) is 14.6. The molecule has 0 radical (unpaired) electrons. The lowest BCUT2D eigenvalue weighted by Crippen LogP contribution is -2.44. The molecule has 0 unspecified atom stereocenters. The fraction of sp³-hybridized carbons (Fsp3) is 0.476. The SMILES string of the molecule is CCc1noc2ncc(C(=O)N3CCC[C@H](n4ncc(N5CCC5)cc4=O)C3)cc12. The molecule has 30 heavy (non-hydrogen) atoms. The van der Waals surface area contributed by atoms with Crippen LogP contribution in [0, 0.1) is 0 Å². The highest BCUT2D eigenvalue weighted by Gasteiger charge is 2.28. The molecule has 3 aromatic heterocycles. The largest absolute Gasteiger partial charge is 0.370 e. The summed E-state index contributed by atoms with van der Waals surface area (Å²) in [5, 5.41) is 9.20. The van der Waals surface area contributed by atoms with E-state index in [1.54, 1.807) is 23.2 Å². The standard InChI is InChI=1S/C21H24N6O3/c1-2-18-17-9-14(11-22-20(17)30-24-18)21(29)26-6-3-5-15(13-26)27-19(28)10-16(12-23-27)25-7-4-8-25/h9-12,15H,2-8,13H2,1H3/t15-/m0/s1. The summed E-state index contributed by atoms with van der Waals surface area (Å²) in [7, 11) is 0. The number of hydrogen-bond donors (Lipinski definition) is 0. The van der Waals surface area contributed by atoms with Crippen LogP contribution in [0.2, 0.25) is 0 Å². The number of carbonyl (C=O) groups is 1. The molecule has 9 nitrogen and oxygen atoms in total. The molecule has 1 amide bonds. The number of rotatable bonds is 4. The predicted octanol–water partition coefficient (Wildman–Crippen LogP) is 2.03. The number of nitrogens with zero attached hydrogens (tertiary/aromatic N) is 6. The quantitative estimate of drug-likeness (QED) is 0.651. The van der Waals surface area contributed by atoms with Gasteiger partial charge in [0.25, 0.3) is 17.2 Å². The fourth-order valence-electron chi connectivity index (χ4n) is 4.20. The summed E-state index contributed by atoms with van der Waals surface area (Å²) in [5.41, 5.74) is 2.51. The number of amides is 1. The minimum atomic E-state index is -0.126. The van der Waals surface area contributed by atoms with Crippen molar-refractivity contribution >= 4 is 22.7 Å². The number of pyridine rings is 1. The van der Waals surface area contributed by atoms with Crippen molar-refractivity contribution in [3.05, 3.63) is 46.1 Å². The molecule has 5 heterocycles. The van der Waals surface area contributed by atoms with E-state index in [1.807, 2.05) is 6.92 Å². The Morgan fingerprint density at radius 2 is 2.07 bits per heavy atom. The van der Waals surface area contributed by atoms with Gasteiger partial charge in [-0.05, 0) is 31.7 Å². The van der Waals surface area contributed by atoms with Gasteiger partial charge >= 0.3 is 0 Å². The summed E-state index contributed by atoms with van der Waals surface area (Å²) >= 11 is 0. The minimum absolute atomic E-state index is 0.0948. The maximum absolute atomic E-state index is 13.1. The zero-order valence-corrected chi connectivity index (χ0v) is 17.0. The third-order valence-corrected chi connectivity index (χ3v) is 6.05. The second-order valence-corrected chi connectivity index (χ2v) is 7.94. The first-order valence-electron chi connectivity index (χ1n) is 10.5. The highest BCUT2D eigenvalue weighted by Crippen LogP contribution is 2.24. The lowest BCUT2D eigenvalue weighted by Gasteiger charge is -2.34. The van der Waals surface area contributed by atoms with Gasteiger partial charge in [0.1, 0.15) is 0 Å². The van der Waals surface area contributed by atoms with Gasteiger partial charge in [0.05, 0.1) is 34.6 Å². The van der Waals surface area contributed by atoms with Crippen molar-refractivity contribution in [3.8, 4) is 0 Å². The third kappa shape index (κ3) is 3.24. The number of aromatic nitrogens is 4. The molecule has 0 bridgehead atoms. The van der Waals surface area contributed by atoms with Gasteiger partial charge < -0.3 is 14.3 Å². The van der Waals surface area contributed by atoms with Crippen LogP contribution in [0.15, 0.2) is 33.8 Å². The summed E-state index contributed by atoms with van der Waals surface area (Å²) < 4.78 is 6.74. The van der Waals surface area contributed by atoms with Crippen molar-refractivity contribution in [1.29, 1.82) is 0 Å². The zero-order chi connectivity index (χ0) is 20.7. The maximum Gasteiger partial charge on any atom is 0.269 e. The minimum Gasteiger partial charge on any atom is -0.370 e. The lowest BCUT2D eigenvalue weighted by atomic mass is 10.0. The molecule has 1 atom stereocenters. The average molecular weight is 408 g/mol. The van der Waals surface area contributed by atoms with Gasteiger partial charge in [0.15, 0.2) is 0 Å². The van der Waals surface area contributed by atoms with Gasteiger partial charge in [-0.3, -0.25) is 9.59 Å². The molecule has 2 aliphatic heterocycles. The van der Waals surface area contributed by atoms with Crippen molar-refractivity contribution in [2.45, 2.75) is 38.6 Å². The van der Waals surface area contributed by atoms with E-state index in [-0.39, 0.29) is 17.5 Å². The van der Waals surface area contributed by atoms with Crippen LogP contribution in [-0.2, 0) is 6.42 Å². The van der Waals surface area contributed by atoms with E-state index in [4.69, 9.17) is 4.52 Å². The van der Waals surface area contributed by atoms with E-state index in [1.165, 1.54) is 10.9 Å². The Kier molecular flexibility index (Phi) is 4.72. The number of hydrogen-bond acceptors (Lipinski definition) is 7. The van der Waals surface area contributed by atoms with Crippen molar-refractivity contribution in [3.63, 3.8) is 0 Å². The van der Waals surface area contributed by atoms with Crippen molar-refractivity contribution in [2.75, 3.05) is 31.1 Å². The average Bonchev–Trinajstić information content (AvgIpc) is 3.14. The Labute approximate surface area is 173 Å². The molecular formula is C21H24N6O3. The van der Waals surface area contributed by atoms with Gasteiger partial charge in [0, 0.05) is 38.4 Å². The third-order valence-electron chi connectivity index (χ3n) is 6.05. The van der Waals surface area contributed by atoms with Crippen LogP contribution in [0.25, 0.3) is 11.1 Å². The normalized spacial score (nSPS) is 19.2. The first kappa shape index (κ1) is 18.8. The van der Waals surface area contributed by atoms with Crippen LogP contribution in [-0.4, -0.2) is 56.9 Å². The molecule has 9 heteroatoms. The molecule has 0 spiro atoms. The molecular weight excluding hydrogens is 384 g/mol. The maximum atomic E-state index is 13.1. The van der Waals surface area contributed by atoms with Crippen molar-refractivity contribution in [1.82, 2.24) is 24.8 Å². The molecule has 0 aromatic carbocycles. The Morgan fingerprint density at radius 3 is 2.80 bits per heavy atom. The second-order valence-electron chi connectivity index (χ2n) is 7.94. The Bertz CT molecular complexity index is 1150. The summed E-state index contributed by atoms with van der Waals surface area (Å²) in [4.78, 5) is 34.0. The smallest absolute Gasteiger partial charge is 0.269 e. The van der Waals surface area contributed by atoms with Gasteiger partial charge in [-0.15, -0.1) is 0 Å². The number of anilines is 1. The van der Waals surface area contributed by atoms with Crippen LogP contribution in [0.4, 0.5) is 5.69 Å². The second kappa shape index (κ2) is 7.55. The van der Waals surface area contributed by atoms with Crippen molar-refractivity contribution < 1.29 is 9.32 Å². The van der Waals surface area contributed by atoms with Gasteiger partial charge in [-0.1, -0.05) is 12.1 Å². The van der Waals surface area contributed by atoms with Crippen LogP contribution in [0.1, 0.15) is 48.3 Å². The van der Waals surface area contributed by atoms with E-state index in [0.29, 0.717) is 30.8 Å². The zero-order valence-electron chi connectivity index (χ0n) is 17.0. The van der Waals surface area contributed by atoms with Crippen molar-refractivity contribution in [2.24, 2.45) is 0 Å². The lowest BCUT2D eigenvalue weighted by molar-refractivity contribution is 0.0669. The molecule has 156 valence electrons. The molecule has 3 aromatic rings. The Hall–Kier alpha value is -3.23. The van der Waals surface area contributed by atoms with Crippen LogP contribution < -0.4 is 10.5 Å². The molecule has 0 saturated carbocycles. The number of fused-ring (bicyclic) bond motifs is 1. The Balaban J connectivity index is 1.36. The fourth-order valence-corrected chi connectivity index (χ4v) is 4.20. The molecule has 5 rings (SSSR count). The molecule has 0 aliphatic carbocycles. The highest BCUT2D eigenvalue weighted by atomic mass is 16.5. The summed E-state index contributed by atoms with van der Waals surface area (Å²) in [6.07, 6.45) is 6.80. The van der Waals surface area contributed by atoms with E-state index in [9.17, 15) is 9.59 Å². The van der Waals surface area contributed by atoms with Gasteiger partial charge in [-0.25, -0.2) is 9.67 Å². The van der Waals surface area contributed by atoms with E-state index in [2.05, 4.69) is 20.1 Å². The van der Waals surface area contributed by atoms with Crippen LogP contribution >= 0.6 is 0 Å². The van der Waals surface area contributed by atoms with E-state index >= 15 is 0 Å². The molecule has 0 N–H and O–H groups in total. The number of piperidine rings is 1. The first-order valence-corrected chi connectivity index (χ1v) is 10.5. The molecule has 2 aliphatic rings. The number of carbonyl (C=O) groups excluding carboxylic acids is 1. The monoisotopic (exact) mass is 408 g/mol. The van der Waals surface area contributed by atoms with Crippen LogP contribution in [0.5, 0.6) is 0 Å². The summed E-state index contributed by atoms with van der Waals surface area (Å²) in [6, 6.07) is 3.33. The number of likely N-dealkylation sites (tertiary alicyclic amines) is 1. The molecule has 2 saturated heterocycles. The summed E-state index contributed by atoms with van der Waals surface area (Å²) in [6.45, 7) is 5.04. The Morgan fingerprint density at radius 1 is 1.20 bits per heavy atom. The summed E-state index contributed by atoms with van der Waals surface area (Å²) in [5.74, 6) is -0.0948. The molecule has 2 fully saturated rings. The van der Waals surface area contributed by atoms with Crippen LogP contribution in [0.3, 0.4) is 0 Å². The predicted molar refractivity (Wildman–Crippen MR) is 111 cm³/mol. The highest BCUT2D eigenvalue weighted by molar-refractivity contribution is 5.97.